The maximum atomic E-state index is 11.7. The zero-order valence-electron chi connectivity index (χ0n) is 12.8. The lowest BCUT2D eigenvalue weighted by molar-refractivity contribution is 0.0693. The Morgan fingerprint density at radius 1 is 1.24 bits per heavy atom. The summed E-state index contributed by atoms with van der Waals surface area (Å²) >= 11 is 1.60. The SMILES string of the molecule is CCCN1CCN(c2cccc(SCC)c2C(=O)O)CC1. The maximum absolute atomic E-state index is 11.7. The highest BCUT2D eigenvalue weighted by Crippen LogP contribution is 2.31. The number of nitrogens with zero attached hydrogens (tertiary/aromatic N) is 2. The smallest absolute Gasteiger partial charge is 0.338 e. The van der Waals surface area contributed by atoms with E-state index in [2.05, 4.69) is 16.7 Å². The van der Waals surface area contributed by atoms with E-state index in [-0.39, 0.29) is 0 Å². The fraction of sp³-hybridized carbons (Fsp3) is 0.562. The summed E-state index contributed by atoms with van der Waals surface area (Å²) in [5.74, 6) is 0.0612. The number of aromatic carboxylic acids is 1. The van der Waals surface area contributed by atoms with Crippen molar-refractivity contribution in [3.8, 4) is 0 Å². The van der Waals surface area contributed by atoms with Crippen LogP contribution in [-0.2, 0) is 0 Å². The Balaban J connectivity index is 2.20. The molecule has 2 rings (SSSR count). The van der Waals surface area contributed by atoms with Gasteiger partial charge < -0.3 is 10.0 Å². The largest absolute Gasteiger partial charge is 0.478 e. The Morgan fingerprint density at radius 3 is 2.52 bits per heavy atom. The van der Waals surface area contributed by atoms with Gasteiger partial charge in [-0.1, -0.05) is 19.9 Å². The Morgan fingerprint density at radius 2 is 1.95 bits per heavy atom. The zero-order valence-corrected chi connectivity index (χ0v) is 13.7. The van der Waals surface area contributed by atoms with Gasteiger partial charge in [0.25, 0.3) is 0 Å². The molecule has 0 spiro atoms. The number of rotatable bonds is 6. The number of carbonyl (C=O) groups is 1. The first-order valence-corrected chi connectivity index (χ1v) is 8.62. The fourth-order valence-electron chi connectivity index (χ4n) is 2.80. The van der Waals surface area contributed by atoms with Crippen LogP contribution >= 0.6 is 11.8 Å². The monoisotopic (exact) mass is 308 g/mol. The minimum Gasteiger partial charge on any atom is -0.478 e. The zero-order chi connectivity index (χ0) is 15.2. The number of benzene rings is 1. The van der Waals surface area contributed by atoms with Crippen LogP contribution in [0, 0.1) is 0 Å². The second-order valence-electron chi connectivity index (χ2n) is 5.22. The summed E-state index contributed by atoms with van der Waals surface area (Å²) in [5, 5.41) is 9.59. The van der Waals surface area contributed by atoms with Crippen LogP contribution in [0.15, 0.2) is 23.1 Å². The lowest BCUT2D eigenvalue weighted by Crippen LogP contribution is -2.47. The van der Waals surface area contributed by atoms with Gasteiger partial charge in [0.15, 0.2) is 0 Å². The van der Waals surface area contributed by atoms with Crippen molar-refractivity contribution in [2.24, 2.45) is 0 Å². The molecule has 21 heavy (non-hydrogen) atoms. The molecule has 0 aromatic heterocycles. The lowest BCUT2D eigenvalue weighted by Gasteiger charge is -2.36. The van der Waals surface area contributed by atoms with Crippen LogP contribution in [0.3, 0.4) is 0 Å². The van der Waals surface area contributed by atoms with Gasteiger partial charge in [0.1, 0.15) is 0 Å². The van der Waals surface area contributed by atoms with Gasteiger partial charge in [-0.15, -0.1) is 11.8 Å². The highest BCUT2D eigenvalue weighted by molar-refractivity contribution is 7.99. The summed E-state index contributed by atoms with van der Waals surface area (Å²) in [7, 11) is 0. The third-order valence-corrected chi connectivity index (χ3v) is 4.71. The van der Waals surface area contributed by atoms with E-state index in [1.165, 1.54) is 6.42 Å². The van der Waals surface area contributed by atoms with Crippen molar-refractivity contribution in [1.82, 2.24) is 4.90 Å². The number of carboxylic acids is 1. The van der Waals surface area contributed by atoms with E-state index in [9.17, 15) is 9.90 Å². The fourth-order valence-corrected chi connectivity index (χ4v) is 3.62. The quantitative estimate of drug-likeness (QED) is 0.818. The first-order chi connectivity index (χ1) is 10.2. The molecule has 0 amide bonds. The van der Waals surface area contributed by atoms with Gasteiger partial charge in [-0.2, -0.15) is 0 Å². The third-order valence-electron chi connectivity index (χ3n) is 3.77. The Labute approximate surface area is 131 Å². The normalized spacial score (nSPS) is 16.2. The molecule has 0 unspecified atom stereocenters. The average molecular weight is 308 g/mol. The van der Waals surface area contributed by atoms with Crippen molar-refractivity contribution in [3.05, 3.63) is 23.8 Å². The lowest BCUT2D eigenvalue weighted by atomic mass is 10.1. The molecule has 1 fully saturated rings. The van der Waals surface area contributed by atoms with Crippen LogP contribution in [0.25, 0.3) is 0 Å². The number of thioether (sulfide) groups is 1. The van der Waals surface area contributed by atoms with E-state index in [1.54, 1.807) is 11.8 Å². The Hall–Kier alpha value is -1.20. The molecule has 1 aromatic rings. The average Bonchev–Trinajstić information content (AvgIpc) is 2.48. The molecule has 1 saturated heterocycles. The van der Waals surface area contributed by atoms with Crippen LogP contribution in [0.1, 0.15) is 30.6 Å². The summed E-state index contributed by atoms with van der Waals surface area (Å²) in [4.78, 5) is 17.2. The van der Waals surface area contributed by atoms with E-state index in [0.717, 1.165) is 49.1 Å². The summed E-state index contributed by atoms with van der Waals surface area (Å²) in [6, 6.07) is 5.82. The molecule has 0 atom stereocenters. The van der Waals surface area contributed by atoms with Crippen molar-refractivity contribution in [2.45, 2.75) is 25.2 Å². The maximum Gasteiger partial charge on any atom is 0.338 e. The molecule has 5 heteroatoms. The molecule has 0 aliphatic carbocycles. The van der Waals surface area contributed by atoms with E-state index >= 15 is 0 Å². The van der Waals surface area contributed by atoms with Crippen LogP contribution < -0.4 is 4.90 Å². The van der Waals surface area contributed by atoms with E-state index < -0.39 is 5.97 Å². The number of anilines is 1. The molecule has 1 aliphatic heterocycles. The number of hydrogen-bond donors (Lipinski definition) is 1. The van der Waals surface area contributed by atoms with Gasteiger partial charge in [0.05, 0.1) is 11.3 Å². The van der Waals surface area contributed by atoms with Gasteiger partial charge in [-0.25, -0.2) is 4.79 Å². The van der Waals surface area contributed by atoms with E-state index in [4.69, 9.17) is 0 Å². The molecule has 1 N–H and O–H groups in total. The molecule has 4 nitrogen and oxygen atoms in total. The molecular formula is C16H24N2O2S. The van der Waals surface area contributed by atoms with Crippen molar-refractivity contribution in [2.75, 3.05) is 43.4 Å². The van der Waals surface area contributed by atoms with Crippen molar-refractivity contribution in [1.29, 1.82) is 0 Å². The minimum absolute atomic E-state index is 0.466. The highest BCUT2D eigenvalue weighted by Gasteiger charge is 2.23. The molecule has 0 saturated carbocycles. The van der Waals surface area contributed by atoms with Crippen LogP contribution in [-0.4, -0.2) is 54.5 Å². The first kappa shape index (κ1) is 16.2. The van der Waals surface area contributed by atoms with Gasteiger partial charge >= 0.3 is 5.97 Å². The summed E-state index contributed by atoms with van der Waals surface area (Å²) in [5.41, 5.74) is 1.34. The molecule has 0 radical (unpaired) electrons. The molecule has 116 valence electrons. The van der Waals surface area contributed by atoms with Gasteiger partial charge in [-0.3, -0.25) is 4.90 Å². The van der Waals surface area contributed by atoms with Gasteiger partial charge in [0.2, 0.25) is 0 Å². The van der Waals surface area contributed by atoms with E-state index in [1.807, 2.05) is 25.1 Å². The van der Waals surface area contributed by atoms with Crippen LogP contribution in [0.4, 0.5) is 5.69 Å². The second kappa shape index (κ2) is 7.71. The number of hydrogen-bond acceptors (Lipinski definition) is 4. The summed E-state index contributed by atoms with van der Waals surface area (Å²) in [6.45, 7) is 9.20. The predicted molar refractivity (Wildman–Crippen MR) is 88.7 cm³/mol. The first-order valence-electron chi connectivity index (χ1n) is 7.63. The third kappa shape index (κ3) is 3.92. The number of piperazine rings is 1. The summed E-state index contributed by atoms with van der Waals surface area (Å²) in [6.07, 6.45) is 1.17. The van der Waals surface area contributed by atoms with Crippen molar-refractivity contribution in [3.63, 3.8) is 0 Å². The van der Waals surface area contributed by atoms with E-state index in [0.29, 0.717) is 5.56 Å². The second-order valence-corrected chi connectivity index (χ2v) is 6.52. The van der Waals surface area contributed by atoms with Crippen molar-refractivity contribution < 1.29 is 9.90 Å². The predicted octanol–water partition coefficient (Wildman–Crippen LogP) is 3.03. The number of carboxylic acid groups (broad SMARTS) is 1. The van der Waals surface area contributed by atoms with Gasteiger partial charge in [0, 0.05) is 31.1 Å². The van der Waals surface area contributed by atoms with Crippen molar-refractivity contribution >= 4 is 23.4 Å². The van der Waals surface area contributed by atoms with Crippen LogP contribution in [0.2, 0.25) is 0 Å². The Kier molecular flexibility index (Phi) is 5.94. The Bertz CT molecular complexity index is 485. The standard InChI is InChI=1S/C16H24N2O2S/c1-3-8-17-9-11-18(12-10-17)13-6-5-7-14(21-4-2)15(13)16(19)20/h5-7H,3-4,8-12H2,1-2H3,(H,19,20). The molecule has 1 aromatic carbocycles. The molecule has 1 heterocycles. The molecular weight excluding hydrogens is 284 g/mol. The topological polar surface area (TPSA) is 43.8 Å². The summed E-state index contributed by atoms with van der Waals surface area (Å²) < 4.78 is 0. The molecule has 0 bridgehead atoms. The minimum atomic E-state index is -0.822. The highest BCUT2D eigenvalue weighted by atomic mass is 32.2. The molecule has 1 aliphatic rings. The van der Waals surface area contributed by atoms with Gasteiger partial charge in [-0.05, 0) is 30.9 Å². The van der Waals surface area contributed by atoms with Crippen LogP contribution in [0.5, 0.6) is 0 Å².